The number of aromatic nitrogens is 3. The van der Waals surface area contributed by atoms with E-state index in [1.165, 1.54) is 17.3 Å². The minimum absolute atomic E-state index is 0.0165. The van der Waals surface area contributed by atoms with Crippen molar-refractivity contribution in [1.82, 2.24) is 14.5 Å². The molecule has 0 saturated carbocycles. The van der Waals surface area contributed by atoms with Gasteiger partial charge in [-0.2, -0.15) is 0 Å². The molecule has 6 nitrogen and oxygen atoms in total. The normalized spacial score (nSPS) is 11.4. The van der Waals surface area contributed by atoms with Gasteiger partial charge in [0.25, 0.3) is 5.56 Å². The van der Waals surface area contributed by atoms with Gasteiger partial charge in [-0.1, -0.05) is 49.0 Å². The van der Waals surface area contributed by atoms with Crippen molar-refractivity contribution in [1.29, 1.82) is 0 Å². The van der Waals surface area contributed by atoms with E-state index in [2.05, 4.69) is 23.0 Å². The van der Waals surface area contributed by atoms with Crippen molar-refractivity contribution in [3.05, 3.63) is 70.1 Å². The van der Waals surface area contributed by atoms with E-state index in [1.807, 2.05) is 18.2 Å². The number of H-pyrrole nitrogens is 1. The van der Waals surface area contributed by atoms with Gasteiger partial charge in [0, 0.05) is 35.8 Å². The average molecular weight is 422 g/mol. The average Bonchev–Trinajstić information content (AvgIpc) is 3.21. The van der Waals surface area contributed by atoms with Gasteiger partial charge in [0.05, 0.1) is 16.7 Å². The molecule has 30 heavy (non-hydrogen) atoms. The Morgan fingerprint density at radius 2 is 1.97 bits per heavy atom. The van der Waals surface area contributed by atoms with Gasteiger partial charge in [0.2, 0.25) is 0 Å². The molecule has 0 aliphatic rings. The predicted molar refractivity (Wildman–Crippen MR) is 120 cm³/mol. The van der Waals surface area contributed by atoms with Gasteiger partial charge < -0.3 is 10.1 Å². The van der Waals surface area contributed by atoms with Crippen LogP contribution in [0.1, 0.15) is 29.3 Å². The summed E-state index contributed by atoms with van der Waals surface area (Å²) in [5.41, 5.74) is 3.28. The summed E-state index contributed by atoms with van der Waals surface area (Å²) in [6, 6.07) is 13.2. The molecule has 0 fully saturated rings. The molecular formula is C23H23N3O3S. The number of aryl methyl sites for hydroxylation is 1. The van der Waals surface area contributed by atoms with Crippen molar-refractivity contribution in [2.24, 2.45) is 0 Å². The van der Waals surface area contributed by atoms with Crippen molar-refractivity contribution in [3.63, 3.8) is 0 Å². The van der Waals surface area contributed by atoms with Crippen LogP contribution in [0.4, 0.5) is 0 Å². The number of benzene rings is 2. The number of rotatable bonds is 8. The number of carbonyl (C=O) groups is 1. The fourth-order valence-electron chi connectivity index (χ4n) is 3.63. The first-order valence-corrected chi connectivity index (χ1v) is 11.0. The highest BCUT2D eigenvalue weighted by molar-refractivity contribution is 7.99. The highest BCUT2D eigenvalue weighted by Gasteiger charge is 2.17. The van der Waals surface area contributed by atoms with Crippen LogP contribution in [0.5, 0.6) is 0 Å². The Labute approximate surface area is 178 Å². The zero-order valence-electron chi connectivity index (χ0n) is 16.7. The molecule has 154 valence electrons. The molecule has 4 aromatic rings. The number of hydrogen-bond acceptors (Lipinski definition) is 5. The Balaban J connectivity index is 1.65. The quantitative estimate of drug-likeness (QED) is 0.257. The highest BCUT2D eigenvalue weighted by Crippen LogP contribution is 2.25. The third-order valence-corrected chi connectivity index (χ3v) is 6.16. The number of carbonyl (C=O) groups excluding carboxylic acids is 1. The van der Waals surface area contributed by atoms with Crippen molar-refractivity contribution < 1.29 is 9.90 Å². The van der Waals surface area contributed by atoms with Crippen molar-refractivity contribution in [3.8, 4) is 0 Å². The topological polar surface area (TPSA) is 88.0 Å². The molecule has 0 radical (unpaired) electrons. The molecule has 0 spiro atoms. The van der Waals surface area contributed by atoms with Gasteiger partial charge in [-0.3, -0.25) is 14.2 Å². The highest BCUT2D eigenvalue weighted by atomic mass is 32.2. The molecule has 0 saturated heterocycles. The third kappa shape index (κ3) is 3.78. The lowest BCUT2D eigenvalue weighted by Crippen LogP contribution is -2.24. The summed E-state index contributed by atoms with van der Waals surface area (Å²) in [4.78, 5) is 33.7. The van der Waals surface area contributed by atoms with E-state index in [4.69, 9.17) is 0 Å². The number of para-hydroxylation sites is 2. The van der Waals surface area contributed by atoms with Crippen LogP contribution in [0.15, 0.2) is 58.6 Å². The first-order valence-electron chi connectivity index (χ1n) is 9.99. The van der Waals surface area contributed by atoms with E-state index >= 15 is 0 Å². The summed E-state index contributed by atoms with van der Waals surface area (Å²) in [6.07, 6.45) is 3.10. The number of aliphatic hydroxyl groups excluding tert-OH is 1. The third-order valence-electron chi connectivity index (χ3n) is 5.18. The monoisotopic (exact) mass is 421 g/mol. The summed E-state index contributed by atoms with van der Waals surface area (Å²) in [6.45, 7) is 2.43. The number of hydrogen-bond donors (Lipinski definition) is 2. The Kier molecular flexibility index (Phi) is 6.01. The molecule has 2 heterocycles. The number of ketones is 1. The van der Waals surface area contributed by atoms with Crippen LogP contribution in [0.2, 0.25) is 0 Å². The molecule has 7 heteroatoms. The van der Waals surface area contributed by atoms with Crippen molar-refractivity contribution >= 4 is 39.4 Å². The zero-order chi connectivity index (χ0) is 21.1. The molecule has 4 rings (SSSR count). The molecular weight excluding hydrogens is 398 g/mol. The molecule has 0 unspecified atom stereocenters. The van der Waals surface area contributed by atoms with E-state index in [9.17, 15) is 14.7 Å². The van der Waals surface area contributed by atoms with Crippen LogP contribution >= 0.6 is 11.8 Å². The van der Waals surface area contributed by atoms with Gasteiger partial charge in [0.15, 0.2) is 10.9 Å². The van der Waals surface area contributed by atoms with E-state index in [0.29, 0.717) is 34.6 Å². The second kappa shape index (κ2) is 8.85. The molecule has 0 bridgehead atoms. The smallest absolute Gasteiger partial charge is 0.262 e. The summed E-state index contributed by atoms with van der Waals surface area (Å²) in [5.74, 6) is 0.156. The molecule has 2 N–H and O–H groups in total. The van der Waals surface area contributed by atoms with Gasteiger partial charge in [-0.15, -0.1) is 0 Å². The summed E-state index contributed by atoms with van der Waals surface area (Å²) < 4.78 is 1.56. The van der Waals surface area contributed by atoms with E-state index in [-0.39, 0.29) is 23.7 Å². The number of aliphatic hydroxyl groups is 1. The Morgan fingerprint density at radius 3 is 2.77 bits per heavy atom. The van der Waals surface area contributed by atoms with E-state index in [1.54, 1.807) is 29.0 Å². The van der Waals surface area contributed by atoms with Gasteiger partial charge in [0.1, 0.15) is 0 Å². The molecule has 0 amide bonds. The lowest BCUT2D eigenvalue weighted by molar-refractivity contribution is 0.102. The van der Waals surface area contributed by atoms with Crippen LogP contribution in [-0.2, 0) is 13.0 Å². The van der Waals surface area contributed by atoms with Crippen LogP contribution in [0, 0.1) is 0 Å². The zero-order valence-corrected chi connectivity index (χ0v) is 17.5. The van der Waals surface area contributed by atoms with Crippen LogP contribution in [0.25, 0.3) is 21.8 Å². The number of nitrogens with zero attached hydrogens (tertiary/aromatic N) is 2. The van der Waals surface area contributed by atoms with Crippen molar-refractivity contribution in [2.45, 2.75) is 31.5 Å². The second-order valence-electron chi connectivity index (χ2n) is 7.05. The Bertz CT molecular complexity index is 1280. The number of aromatic amines is 1. The second-order valence-corrected chi connectivity index (χ2v) is 8.00. The van der Waals surface area contributed by atoms with Crippen LogP contribution in [-0.4, -0.2) is 37.8 Å². The minimum Gasteiger partial charge on any atom is -0.396 e. The number of Topliss-reactive ketones (excluding diaryl/α,β-unsaturated/α-hetero) is 1. The maximum absolute atomic E-state index is 13.0. The fourth-order valence-corrected chi connectivity index (χ4v) is 4.54. The molecule has 2 aromatic heterocycles. The predicted octanol–water partition coefficient (Wildman–Crippen LogP) is 3.80. The molecule has 2 aromatic carbocycles. The number of thioether (sulfide) groups is 1. The lowest BCUT2D eigenvalue weighted by atomic mass is 10.1. The van der Waals surface area contributed by atoms with E-state index < -0.39 is 0 Å². The maximum Gasteiger partial charge on any atom is 0.262 e. The summed E-state index contributed by atoms with van der Waals surface area (Å²) in [7, 11) is 0. The Hall–Kier alpha value is -2.90. The fraction of sp³-hybridized carbons (Fsp3) is 0.261. The summed E-state index contributed by atoms with van der Waals surface area (Å²) >= 11 is 1.26. The lowest BCUT2D eigenvalue weighted by Gasteiger charge is -2.12. The van der Waals surface area contributed by atoms with Crippen LogP contribution in [0.3, 0.4) is 0 Å². The molecule has 0 atom stereocenters. The first-order chi connectivity index (χ1) is 14.6. The van der Waals surface area contributed by atoms with Gasteiger partial charge in [-0.25, -0.2) is 4.98 Å². The Morgan fingerprint density at radius 1 is 1.17 bits per heavy atom. The first kappa shape index (κ1) is 20.4. The standard InChI is InChI=1S/C23H23N3O3S/c1-2-15-7-5-9-16-18(13-24-21(15)16)20(28)14-30-23-25-19-10-4-3-8-17(19)22(29)26(23)11-6-12-27/h3-5,7-10,13,24,27H,2,6,11-12,14H2,1H3. The largest absolute Gasteiger partial charge is 0.396 e. The summed E-state index contributed by atoms with van der Waals surface area (Å²) in [5, 5.41) is 11.2. The van der Waals surface area contributed by atoms with Gasteiger partial charge >= 0.3 is 0 Å². The molecule has 0 aliphatic carbocycles. The van der Waals surface area contributed by atoms with Gasteiger partial charge in [-0.05, 0) is 30.5 Å². The minimum atomic E-state index is -0.149. The number of nitrogens with one attached hydrogen (secondary N) is 1. The van der Waals surface area contributed by atoms with E-state index in [0.717, 1.165) is 17.3 Å². The van der Waals surface area contributed by atoms with Crippen molar-refractivity contribution in [2.75, 3.05) is 12.4 Å². The molecule has 0 aliphatic heterocycles. The SMILES string of the molecule is CCc1cccc2c(C(=O)CSc3nc4ccccc4c(=O)n3CCCO)c[nH]c12. The van der Waals surface area contributed by atoms with Crippen LogP contribution < -0.4 is 5.56 Å². The number of fused-ring (bicyclic) bond motifs is 2. The maximum atomic E-state index is 13.0.